The molecule has 2 heterocycles. The van der Waals surface area contributed by atoms with Crippen LogP contribution in [0.25, 0.3) is 11.7 Å². The average molecular weight is 235 g/mol. The van der Waals surface area contributed by atoms with Gasteiger partial charge in [-0.3, -0.25) is 0 Å². The Morgan fingerprint density at radius 1 is 1.24 bits per heavy atom. The molecule has 0 radical (unpaired) electrons. The largest absolute Gasteiger partial charge is 0.456 e. The van der Waals surface area contributed by atoms with Crippen molar-refractivity contribution in [3.05, 3.63) is 23.8 Å². The van der Waals surface area contributed by atoms with Crippen LogP contribution in [0.15, 0.2) is 21.0 Å². The van der Waals surface area contributed by atoms with E-state index < -0.39 is 0 Å². The highest BCUT2D eigenvalue weighted by Crippen LogP contribution is 2.21. The van der Waals surface area contributed by atoms with Crippen molar-refractivity contribution < 1.29 is 8.83 Å². The highest BCUT2D eigenvalue weighted by molar-refractivity contribution is 5.43. The number of hydrogen-bond acceptors (Lipinski definition) is 5. The molecule has 0 spiro atoms. The first-order valence-electron chi connectivity index (χ1n) is 5.89. The summed E-state index contributed by atoms with van der Waals surface area (Å²) in [6, 6.07) is 3.80. The molecule has 17 heavy (non-hydrogen) atoms. The first-order valence-corrected chi connectivity index (χ1v) is 5.89. The van der Waals surface area contributed by atoms with Crippen molar-refractivity contribution in [1.29, 1.82) is 0 Å². The van der Waals surface area contributed by atoms with Gasteiger partial charge in [0.25, 0.3) is 5.89 Å². The van der Waals surface area contributed by atoms with Crippen molar-refractivity contribution in [1.82, 2.24) is 15.5 Å². The predicted molar refractivity (Wildman–Crippen MR) is 63.6 cm³/mol. The summed E-state index contributed by atoms with van der Waals surface area (Å²) in [4.78, 5) is 0. The molecule has 5 heteroatoms. The molecule has 0 atom stereocenters. The van der Waals surface area contributed by atoms with Crippen LogP contribution >= 0.6 is 0 Å². The maximum absolute atomic E-state index is 5.55. The van der Waals surface area contributed by atoms with Gasteiger partial charge in [0.2, 0.25) is 5.89 Å². The summed E-state index contributed by atoms with van der Waals surface area (Å²) in [5.41, 5.74) is 0. The van der Waals surface area contributed by atoms with Crippen LogP contribution in [0.4, 0.5) is 0 Å². The SMILES string of the molecule is CCc1ccc(-c2nnc(CCCNC)o2)o1. The maximum Gasteiger partial charge on any atom is 0.283 e. The molecule has 92 valence electrons. The van der Waals surface area contributed by atoms with Crippen LogP contribution in [0.5, 0.6) is 0 Å². The third-order valence-electron chi connectivity index (χ3n) is 2.51. The molecule has 0 bridgehead atoms. The summed E-state index contributed by atoms with van der Waals surface area (Å²) >= 11 is 0. The van der Waals surface area contributed by atoms with Crippen LogP contribution in [0.1, 0.15) is 25.0 Å². The van der Waals surface area contributed by atoms with Crippen LogP contribution in [0.3, 0.4) is 0 Å². The average Bonchev–Trinajstić information content (AvgIpc) is 2.97. The number of furan rings is 1. The lowest BCUT2D eigenvalue weighted by atomic mass is 10.3. The van der Waals surface area contributed by atoms with Crippen molar-refractivity contribution >= 4 is 0 Å². The first-order chi connectivity index (χ1) is 8.33. The molecule has 0 aliphatic heterocycles. The fourth-order valence-electron chi connectivity index (χ4n) is 1.55. The number of nitrogens with one attached hydrogen (secondary N) is 1. The second kappa shape index (κ2) is 5.63. The maximum atomic E-state index is 5.55. The standard InChI is InChI=1S/C12H17N3O2/c1-3-9-6-7-10(16-9)12-15-14-11(17-12)5-4-8-13-2/h6-7,13H,3-5,8H2,1-2H3. The minimum atomic E-state index is 0.462. The topological polar surface area (TPSA) is 64.1 Å². The zero-order valence-electron chi connectivity index (χ0n) is 10.2. The summed E-state index contributed by atoms with van der Waals surface area (Å²) in [6.07, 6.45) is 2.63. The summed E-state index contributed by atoms with van der Waals surface area (Å²) in [5.74, 6) is 2.69. The van der Waals surface area contributed by atoms with Gasteiger partial charge in [-0.15, -0.1) is 10.2 Å². The Morgan fingerprint density at radius 2 is 2.12 bits per heavy atom. The number of hydrogen-bond donors (Lipinski definition) is 1. The van der Waals surface area contributed by atoms with Crippen molar-refractivity contribution in [3.63, 3.8) is 0 Å². The monoisotopic (exact) mass is 235 g/mol. The number of aryl methyl sites for hydroxylation is 2. The molecule has 0 aromatic carbocycles. The van der Waals surface area contributed by atoms with E-state index in [-0.39, 0.29) is 0 Å². The van der Waals surface area contributed by atoms with Crippen molar-refractivity contribution in [2.45, 2.75) is 26.2 Å². The second-order valence-electron chi connectivity index (χ2n) is 3.83. The molecule has 2 rings (SSSR count). The van der Waals surface area contributed by atoms with E-state index in [1.54, 1.807) is 0 Å². The van der Waals surface area contributed by atoms with Gasteiger partial charge in [0, 0.05) is 12.8 Å². The Hall–Kier alpha value is -1.62. The van der Waals surface area contributed by atoms with E-state index in [4.69, 9.17) is 8.83 Å². The first kappa shape index (κ1) is 11.9. The van der Waals surface area contributed by atoms with E-state index in [1.165, 1.54) is 0 Å². The van der Waals surface area contributed by atoms with Gasteiger partial charge in [0.1, 0.15) is 5.76 Å². The fraction of sp³-hybridized carbons (Fsp3) is 0.500. The molecule has 0 amide bonds. The van der Waals surface area contributed by atoms with Crippen molar-refractivity contribution in [2.75, 3.05) is 13.6 Å². The van der Waals surface area contributed by atoms with Crippen LogP contribution in [0, 0.1) is 0 Å². The quantitative estimate of drug-likeness (QED) is 0.776. The Morgan fingerprint density at radius 3 is 2.82 bits per heavy atom. The lowest BCUT2D eigenvalue weighted by Gasteiger charge is -1.94. The van der Waals surface area contributed by atoms with E-state index in [2.05, 4.69) is 15.5 Å². The fourth-order valence-corrected chi connectivity index (χ4v) is 1.55. The molecule has 0 saturated carbocycles. The minimum Gasteiger partial charge on any atom is -0.456 e. The molecular formula is C12H17N3O2. The van der Waals surface area contributed by atoms with Crippen LogP contribution in [0.2, 0.25) is 0 Å². The van der Waals surface area contributed by atoms with E-state index in [9.17, 15) is 0 Å². The third-order valence-corrected chi connectivity index (χ3v) is 2.51. The molecular weight excluding hydrogens is 218 g/mol. The van der Waals surface area contributed by atoms with E-state index in [1.807, 2.05) is 26.1 Å². The molecule has 0 aliphatic carbocycles. The van der Waals surface area contributed by atoms with Gasteiger partial charge in [-0.25, -0.2) is 0 Å². The zero-order chi connectivity index (χ0) is 12.1. The Bertz CT molecular complexity index is 462. The summed E-state index contributed by atoms with van der Waals surface area (Å²) in [7, 11) is 1.92. The van der Waals surface area contributed by atoms with Crippen molar-refractivity contribution in [2.24, 2.45) is 0 Å². The second-order valence-corrected chi connectivity index (χ2v) is 3.83. The normalized spacial score (nSPS) is 10.9. The van der Waals surface area contributed by atoms with Gasteiger partial charge < -0.3 is 14.2 Å². The molecule has 0 aliphatic rings. The summed E-state index contributed by atoms with van der Waals surface area (Å²) in [6.45, 7) is 2.98. The van der Waals surface area contributed by atoms with Gasteiger partial charge in [-0.05, 0) is 32.1 Å². The summed E-state index contributed by atoms with van der Waals surface area (Å²) < 4.78 is 11.1. The van der Waals surface area contributed by atoms with E-state index in [0.717, 1.165) is 31.6 Å². The summed E-state index contributed by atoms with van der Waals surface area (Å²) in [5, 5.41) is 11.1. The molecule has 0 saturated heterocycles. The lowest BCUT2D eigenvalue weighted by molar-refractivity contribution is 0.462. The zero-order valence-corrected chi connectivity index (χ0v) is 10.2. The van der Waals surface area contributed by atoms with Crippen LogP contribution in [-0.4, -0.2) is 23.8 Å². The highest BCUT2D eigenvalue weighted by atomic mass is 16.4. The molecule has 2 aromatic rings. The molecule has 5 nitrogen and oxygen atoms in total. The van der Waals surface area contributed by atoms with Crippen LogP contribution in [-0.2, 0) is 12.8 Å². The number of nitrogens with zero attached hydrogens (tertiary/aromatic N) is 2. The smallest absolute Gasteiger partial charge is 0.283 e. The van der Waals surface area contributed by atoms with E-state index >= 15 is 0 Å². The molecule has 0 fully saturated rings. The predicted octanol–water partition coefficient (Wildman–Crippen LogP) is 2.04. The number of rotatable bonds is 6. The molecule has 2 aromatic heterocycles. The lowest BCUT2D eigenvalue weighted by Crippen LogP contribution is -2.08. The van der Waals surface area contributed by atoms with E-state index in [0.29, 0.717) is 17.5 Å². The Balaban J connectivity index is 2.02. The molecule has 0 unspecified atom stereocenters. The molecule has 1 N–H and O–H groups in total. The third kappa shape index (κ3) is 2.94. The Labute approximate surface area is 100 Å². The number of aromatic nitrogens is 2. The van der Waals surface area contributed by atoms with Gasteiger partial charge in [-0.2, -0.15) is 0 Å². The van der Waals surface area contributed by atoms with Crippen LogP contribution < -0.4 is 5.32 Å². The minimum absolute atomic E-state index is 0.462. The highest BCUT2D eigenvalue weighted by Gasteiger charge is 2.11. The van der Waals surface area contributed by atoms with Gasteiger partial charge >= 0.3 is 0 Å². The van der Waals surface area contributed by atoms with Gasteiger partial charge in [-0.1, -0.05) is 6.92 Å². The van der Waals surface area contributed by atoms with Crippen molar-refractivity contribution in [3.8, 4) is 11.7 Å². The van der Waals surface area contributed by atoms with Gasteiger partial charge in [0.05, 0.1) is 0 Å². The Kier molecular flexibility index (Phi) is 3.93. The van der Waals surface area contributed by atoms with Gasteiger partial charge in [0.15, 0.2) is 5.76 Å².